The Morgan fingerprint density at radius 1 is 1.37 bits per heavy atom. The highest BCUT2D eigenvalue weighted by molar-refractivity contribution is 5.71. The summed E-state index contributed by atoms with van der Waals surface area (Å²) in [6, 6.07) is 3.92. The Hall–Kier alpha value is -2.11. The lowest BCUT2D eigenvalue weighted by atomic mass is 10.1. The molecule has 0 N–H and O–H groups in total. The molecule has 0 spiro atoms. The van der Waals surface area contributed by atoms with Gasteiger partial charge >= 0.3 is 5.69 Å². The maximum Gasteiger partial charge on any atom is 0.330 e. The smallest absolute Gasteiger partial charge is 0.330 e. The van der Waals surface area contributed by atoms with E-state index >= 15 is 0 Å². The third-order valence-electron chi connectivity index (χ3n) is 3.85. The Morgan fingerprint density at radius 2 is 2.11 bits per heavy atom. The second-order valence-corrected chi connectivity index (χ2v) is 4.93. The van der Waals surface area contributed by atoms with E-state index in [4.69, 9.17) is 0 Å². The molecular weight excluding hydrogens is 244 g/mol. The highest BCUT2D eigenvalue weighted by Gasteiger charge is 2.24. The summed E-state index contributed by atoms with van der Waals surface area (Å²) in [4.78, 5) is 29.1. The zero-order chi connectivity index (χ0) is 13.4. The van der Waals surface area contributed by atoms with Crippen LogP contribution in [0.2, 0.25) is 0 Å². The summed E-state index contributed by atoms with van der Waals surface area (Å²) in [5.74, 6) is 0. The van der Waals surface area contributed by atoms with Crippen LogP contribution in [0.4, 0.5) is 0 Å². The lowest BCUT2D eigenvalue weighted by Gasteiger charge is -2.29. The Bertz CT molecular complexity index is 665. The molecule has 0 bridgehead atoms. The SMILES string of the molecule is Cn1c(=O)n(C2CCN(C=O)CC2)c2cccnc21. The van der Waals surface area contributed by atoms with Crippen molar-refractivity contribution < 1.29 is 4.79 Å². The molecule has 19 heavy (non-hydrogen) atoms. The summed E-state index contributed by atoms with van der Waals surface area (Å²) in [6.45, 7) is 1.41. The van der Waals surface area contributed by atoms with Gasteiger partial charge in [-0.15, -0.1) is 0 Å². The molecule has 3 heterocycles. The van der Waals surface area contributed by atoms with Crippen LogP contribution in [0, 0.1) is 0 Å². The topological polar surface area (TPSA) is 60.1 Å². The van der Waals surface area contributed by atoms with Crippen molar-refractivity contribution in [3.63, 3.8) is 0 Å². The van der Waals surface area contributed by atoms with Crippen molar-refractivity contribution in [3.8, 4) is 0 Å². The second-order valence-electron chi connectivity index (χ2n) is 4.93. The molecule has 0 unspecified atom stereocenters. The zero-order valence-corrected chi connectivity index (χ0v) is 10.8. The van der Waals surface area contributed by atoms with Gasteiger partial charge in [0, 0.05) is 32.4 Å². The van der Waals surface area contributed by atoms with Gasteiger partial charge in [0.15, 0.2) is 5.65 Å². The van der Waals surface area contributed by atoms with Gasteiger partial charge in [-0.25, -0.2) is 9.78 Å². The van der Waals surface area contributed by atoms with Crippen LogP contribution in [0.5, 0.6) is 0 Å². The number of aryl methyl sites for hydroxylation is 1. The summed E-state index contributed by atoms with van der Waals surface area (Å²) in [7, 11) is 1.74. The number of imidazole rings is 1. The van der Waals surface area contributed by atoms with Crippen molar-refractivity contribution in [2.45, 2.75) is 18.9 Å². The first kappa shape index (κ1) is 12.0. The number of likely N-dealkylation sites (tertiary alicyclic amines) is 1. The number of piperidine rings is 1. The monoisotopic (exact) mass is 260 g/mol. The van der Waals surface area contributed by atoms with Crippen molar-refractivity contribution in [2.24, 2.45) is 7.05 Å². The zero-order valence-electron chi connectivity index (χ0n) is 10.8. The fourth-order valence-corrected chi connectivity index (χ4v) is 2.79. The molecule has 6 nitrogen and oxygen atoms in total. The number of carbonyl (C=O) groups excluding carboxylic acids is 1. The molecule has 0 aliphatic carbocycles. The molecule has 1 aliphatic rings. The number of amides is 1. The number of carbonyl (C=O) groups is 1. The fraction of sp³-hybridized carbons (Fsp3) is 0.462. The van der Waals surface area contributed by atoms with E-state index in [0.29, 0.717) is 18.7 Å². The van der Waals surface area contributed by atoms with Crippen LogP contribution in [0.1, 0.15) is 18.9 Å². The summed E-state index contributed by atoms with van der Waals surface area (Å²) in [5, 5.41) is 0. The minimum atomic E-state index is -0.0294. The van der Waals surface area contributed by atoms with Crippen molar-refractivity contribution >= 4 is 17.6 Å². The van der Waals surface area contributed by atoms with Gasteiger partial charge in [0.2, 0.25) is 6.41 Å². The molecule has 3 rings (SSSR count). The summed E-state index contributed by atoms with van der Waals surface area (Å²) >= 11 is 0. The second kappa shape index (κ2) is 4.53. The fourth-order valence-electron chi connectivity index (χ4n) is 2.79. The summed E-state index contributed by atoms with van der Waals surface area (Å²) in [6.07, 6.45) is 4.20. The first-order valence-corrected chi connectivity index (χ1v) is 6.43. The minimum absolute atomic E-state index is 0.0294. The Labute approximate surface area is 110 Å². The van der Waals surface area contributed by atoms with Gasteiger partial charge in [0.25, 0.3) is 0 Å². The lowest BCUT2D eigenvalue weighted by Crippen LogP contribution is -2.36. The molecule has 1 amide bonds. The van der Waals surface area contributed by atoms with E-state index in [0.717, 1.165) is 24.8 Å². The number of hydrogen-bond acceptors (Lipinski definition) is 3. The quantitative estimate of drug-likeness (QED) is 0.740. The standard InChI is InChI=1S/C13H16N4O2/c1-15-12-11(3-2-6-14-12)17(13(15)19)10-4-7-16(9-18)8-5-10/h2-3,6,9-10H,4-5,7-8H2,1H3. The number of aromatic nitrogens is 3. The van der Waals surface area contributed by atoms with Crippen LogP contribution in [0.3, 0.4) is 0 Å². The van der Waals surface area contributed by atoms with Crippen molar-refractivity contribution in [2.75, 3.05) is 13.1 Å². The van der Waals surface area contributed by atoms with Crippen LogP contribution in [-0.4, -0.2) is 38.5 Å². The van der Waals surface area contributed by atoms with E-state index in [2.05, 4.69) is 4.98 Å². The summed E-state index contributed by atoms with van der Waals surface area (Å²) in [5.41, 5.74) is 1.56. The number of rotatable bonds is 2. The predicted molar refractivity (Wildman–Crippen MR) is 70.9 cm³/mol. The average molecular weight is 260 g/mol. The molecule has 0 atom stereocenters. The van der Waals surface area contributed by atoms with Gasteiger partial charge in [-0.1, -0.05) is 0 Å². The Kier molecular flexibility index (Phi) is 2.85. The van der Waals surface area contributed by atoms with Gasteiger partial charge in [-0.2, -0.15) is 0 Å². The molecule has 1 saturated heterocycles. The molecule has 1 fully saturated rings. The maximum atomic E-state index is 12.3. The van der Waals surface area contributed by atoms with E-state index in [1.807, 2.05) is 16.7 Å². The number of fused-ring (bicyclic) bond motifs is 1. The molecule has 1 aliphatic heterocycles. The predicted octanol–water partition coefficient (Wildman–Crippen LogP) is 0.528. The normalized spacial score (nSPS) is 17.0. The Morgan fingerprint density at radius 3 is 2.79 bits per heavy atom. The van der Waals surface area contributed by atoms with Gasteiger partial charge in [0.05, 0.1) is 5.52 Å². The van der Waals surface area contributed by atoms with Crippen molar-refractivity contribution in [1.82, 2.24) is 19.0 Å². The van der Waals surface area contributed by atoms with Gasteiger partial charge < -0.3 is 4.90 Å². The molecule has 2 aromatic rings. The molecule has 0 radical (unpaired) electrons. The van der Waals surface area contributed by atoms with Crippen LogP contribution in [0.15, 0.2) is 23.1 Å². The van der Waals surface area contributed by atoms with Crippen LogP contribution < -0.4 is 5.69 Å². The van der Waals surface area contributed by atoms with Gasteiger partial charge in [-0.3, -0.25) is 13.9 Å². The van der Waals surface area contributed by atoms with Crippen LogP contribution >= 0.6 is 0 Å². The highest BCUT2D eigenvalue weighted by Crippen LogP contribution is 2.24. The average Bonchev–Trinajstić information content (AvgIpc) is 2.72. The molecular formula is C13H16N4O2. The molecule has 0 saturated carbocycles. The van der Waals surface area contributed by atoms with E-state index < -0.39 is 0 Å². The highest BCUT2D eigenvalue weighted by atomic mass is 16.2. The maximum absolute atomic E-state index is 12.3. The largest absolute Gasteiger partial charge is 0.345 e. The number of nitrogens with zero attached hydrogens (tertiary/aromatic N) is 4. The minimum Gasteiger partial charge on any atom is -0.345 e. The molecule has 0 aromatic carbocycles. The molecule has 6 heteroatoms. The summed E-state index contributed by atoms with van der Waals surface area (Å²) < 4.78 is 3.41. The number of hydrogen-bond donors (Lipinski definition) is 0. The first-order valence-electron chi connectivity index (χ1n) is 6.43. The van der Waals surface area contributed by atoms with E-state index in [1.165, 1.54) is 0 Å². The van der Waals surface area contributed by atoms with Crippen molar-refractivity contribution in [3.05, 3.63) is 28.8 Å². The first-order chi connectivity index (χ1) is 9.22. The number of pyridine rings is 1. The van der Waals surface area contributed by atoms with Crippen LogP contribution in [-0.2, 0) is 11.8 Å². The van der Waals surface area contributed by atoms with E-state index in [9.17, 15) is 9.59 Å². The van der Waals surface area contributed by atoms with Gasteiger partial charge in [-0.05, 0) is 25.0 Å². The molecule has 100 valence electrons. The van der Waals surface area contributed by atoms with Gasteiger partial charge in [0.1, 0.15) is 0 Å². The van der Waals surface area contributed by atoms with Crippen molar-refractivity contribution in [1.29, 1.82) is 0 Å². The third-order valence-corrected chi connectivity index (χ3v) is 3.85. The Balaban J connectivity index is 2.04. The lowest BCUT2D eigenvalue weighted by molar-refractivity contribution is -0.119. The third kappa shape index (κ3) is 1.83. The van der Waals surface area contributed by atoms with Crippen LogP contribution in [0.25, 0.3) is 11.2 Å². The van der Waals surface area contributed by atoms with E-state index in [1.54, 1.807) is 22.7 Å². The van der Waals surface area contributed by atoms with E-state index in [-0.39, 0.29) is 11.7 Å². The molecule has 2 aromatic heterocycles.